The van der Waals surface area contributed by atoms with Crippen LogP contribution in [0.15, 0.2) is 30.6 Å². The standard InChI is InChI=1S/C16H22N4O/c1-3-8-20-16(18-11-19-20)9-14(17-2)13-10-21-15-7-5-4-6-12(13)15/h4-7,11,13-14,17H,3,8-10H2,1-2H3. The summed E-state index contributed by atoms with van der Waals surface area (Å²) in [5.74, 6) is 2.41. The van der Waals surface area contributed by atoms with E-state index in [1.54, 1.807) is 6.33 Å². The first-order valence-corrected chi connectivity index (χ1v) is 7.59. The summed E-state index contributed by atoms with van der Waals surface area (Å²) in [6.45, 7) is 3.80. The van der Waals surface area contributed by atoms with Crippen LogP contribution in [0.4, 0.5) is 0 Å². The first-order valence-electron chi connectivity index (χ1n) is 7.59. The third kappa shape index (κ3) is 2.78. The average molecular weight is 286 g/mol. The third-order valence-corrected chi connectivity index (χ3v) is 4.13. The summed E-state index contributed by atoms with van der Waals surface area (Å²) in [6.07, 6.45) is 3.58. The molecular formula is C16H22N4O. The van der Waals surface area contributed by atoms with Crippen molar-refractivity contribution in [3.05, 3.63) is 42.0 Å². The number of hydrogen-bond donors (Lipinski definition) is 1. The number of nitrogens with zero attached hydrogens (tertiary/aromatic N) is 3. The molecule has 112 valence electrons. The summed E-state index contributed by atoms with van der Waals surface area (Å²) in [5.41, 5.74) is 1.29. The second kappa shape index (κ2) is 6.26. The molecule has 1 aromatic heterocycles. The lowest BCUT2D eigenvalue weighted by atomic mass is 9.91. The van der Waals surface area contributed by atoms with Gasteiger partial charge in [0.2, 0.25) is 0 Å². The fourth-order valence-electron chi connectivity index (χ4n) is 3.01. The maximum atomic E-state index is 5.81. The Kier molecular flexibility index (Phi) is 4.20. The highest BCUT2D eigenvalue weighted by atomic mass is 16.5. The van der Waals surface area contributed by atoms with Crippen molar-refractivity contribution in [3.63, 3.8) is 0 Å². The van der Waals surface area contributed by atoms with Crippen LogP contribution in [0, 0.1) is 0 Å². The van der Waals surface area contributed by atoms with Gasteiger partial charge < -0.3 is 10.1 Å². The first-order chi connectivity index (χ1) is 10.3. The molecule has 2 unspecified atom stereocenters. The van der Waals surface area contributed by atoms with Gasteiger partial charge in [0, 0.05) is 30.5 Å². The Bertz CT molecular complexity index is 595. The van der Waals surface area contributed by atoms with Gasteiger partial charge in [0.1, 0.15) is 17.9 Å². The van der Waals surface area contributed by atoms with Crippen LogP contribution >= 0.6 is 0 Å². The zero-order chi connectivity index (χ0) is 14.7. The molecule has 0 amide bonds. The van der Waals surface area contributed by atoms with Crippen LogP contribution in [0.2, 0.25) is 0 Å². The van der Waals surface area contributed by atoms with E-state index in [4.69, 9.17) is 4.74 Å². The van der Waals surface area contributed by atoms with E-state index < -0.39 is 0 Å². The van der Waals surface area contributed by atoms with Gasteiger partial charge in [0.05, 0.1) is 6.61 Å². The van der Waals surface area contributed by atoms with Gasteiger partial charge in [-0.2, -0.15) is 5.10 Å². The maximum Gasteiger partial charge on any atom is 0.138 e. The van der Waals surface area contributed by atoms with Gasteiger partial charge in [-0.05, 0) is 19.5 Å². The zero-order valence-electron chi connectivity index (χ0n) is 12.6. The van der Waals surface area contributed by atoms with Crippen LogP contribution in [0.3, 0.4) is 0 Å². The van der Waals surface area contributed by atoms with Gasteiger partial charge in [0.25, 0.3) is 0 Å². The predicted molar refractivity (Wildman–Crippen MR) is 81.5 cm³/mol. The van der Waals surface area contributed by atoms with Crippen molar-refractivity contribution in [2.45, 2.75) is 38.3 Å². The second-order valence-electron chi connectivity index (χ2n) is 5.45. The summed E-state index contributed by atoms with van der Waals surface area (Å²) >= 11 is 0. The van der Waals surface area contributed by atoms with E-state index in [2.05, 4.69) is 34.5 Å². The van der Waals surface area contributed by atoms with Gasteiger partial charge in [-0.1, -0.05) is 25.1 Å². The van der Waals surface area contributed by atoms with Gasteiger partial charge in [-0.15, -0.1) is 0 Å². The molecule has 2 heterocycles. The number of ether oxygens (including phenoxy) is 1. The third-order valence-electron chi connectivity index (χ3n) is 4.13. The topological polar surface area (TPSA) is 52.0 Å². The molecule has 1 N–H and O–H groups in total. The lowest BCUT2D eigenvalue weighted by Gasteiger charge is -2.22. The highest BCUT2D eigenvalue weighted by Gasteiger charge is 2.31. The monoisotopic (exact) mass is 286 g/mol. The van der Waals surface area contributed by atoms with Crippen LogP contribution in [0.25, 0.3) is 0 Å². The Morgan fingerprint density at radius 3 is 3.10 bits per heavy atom. The van der Waals surface area contributed by atoms with E-state index >= 15 is 0 Å². The summed E-state index contributed by atoms with van der Waals surface area (Å²) in [6, 6.07) is 8.60. The Balaban J connectivity index is 1.79. The summed E-state index contributed by atoms with van der Waals surface area (Å²) in [5, 5.41) is 7.74. The van der Waals surface area contributed by atoms with Crippen molar-refractivity contribution in [3.8, 4) is 5.75 Å². The quantitative estimate of drug-likeness (QED) is 0.882. The molecule has 2 atom stereocenters. The molecule has 0 saturated heterocycles. The summed E-state index contributed by atoms with van der Waals surface area (Å²) in [4.78, 5) is 4.42. The molecule has 0 spiro atoms. The lowest BCUT2D eigenvalue weighted by Crippen LogP contribution is -2.36. The number of benzene rings is 1. The highest BCUT2D eigenvalue weighted by molar-refractivity contribution is 5.40. The molecule has 0 fully saturated rings. The average Bonchev–Trinajstić information content (AvgIpc) is 3.12. The van der Waals surface area contributed by atoms with E-state index in [1.165, 1.54) is 5.56 Å². The van der Waals surface area contributed by atoms with Crippen molar-refractivity contribution < 1.29 is 4.74 Å². The van der Waals surface area contributed by atoms with Gasteiger partial charge in [-0.25, -0.2) is 4.98 Å². The Hall–Kier alpha value is -1.88. The van der Waals surface area contributed by atoms with E-state index in [1.807, 2.05) is 23.9 Å². The first kappa shape index (κ1) is 14.1. The molecular weight excluding hydrogens is 264 g/mol. The maximum absolute atomic E-state index is 5.81. The lowest BCUT2D eigenvalue weighted by molar-refractivity contribution is 0.299. The fourth-order valence-corrected chi connectivity index (χ4v) is 3.01. The van der Waals surface area contributed by atoms with Crippen LogP contribution in [-0.4, -0.2) is 34.5 Å². The van der Waals surface area contributed by atoms with Gasteiger partial charge in [-0.3, -0.25) is 4.68 Å². The van der Waals surface area contributed by atoms with Crippen molar-refractivity contribution in [1.82, 2.24) is 20.1 Å². The number of nitrogens with one attached hydrogen (secondary N) is 1. The SMILES string of the molecule is CCCn1ncnc1CC(NC)C1COc2ccccc21. The van der Waals surface area contributed by atoms with Crippen molar-refractivity contribution in [2.24, 2.45) is 0 Å². The molecule has 0 bridgehead atoms. The smallest absolute Gasteiger partial charge is 0.138 e. The number of aryl methyl sites for hydroxylation is 1. The van der Waals surface area contributed by atoms with Crippen molar-refractivity contribution in [1.29, 1.82) is 0 Å². The number of fused-ring (bicyclic) bond motifs is 1. The molecule has 2 aromatic rings. The van der Waals surface area contributed by atoms with E-state index in [9.17, 15) is 0 Å². The Morgan fingerprint density at radius 2 is 2.29 bits per heavy atom. The van der Waals surface area contributed by atoms with Crippen LogP contribution < -0.4 is 10.1 Å². The molecule has 5 nitrogen and oxygen atoms in total. The predicted octanol–water partition coefficient (Wildman–Crippen LogP) is 1.99. The molecule has 0 radical (unpaired) electrons. The number of likely N-dealkylation sites (N-methyl/N-ethyl adjacent to an activating group) is 1. The number of para-hydroxylation sites is 1. The molecule has 5 heteroatoms. The molecule has 0 saturated carbocycles. The van der Waals surface area contributed by atoms with Gasteiger partial charge >= 0.3 is 0 Å². The molecule has 1 aromatic carbocycles. The minimum atomic E-state index is 0.299. The molecule has 21 heavy (non-hydrogen) atoms. The van der Waals surface area contributed by atoms with Crippen molar-refractivity contribution >= 4 is 0 Å². The van der Waals surface area contributed by atoms with E-state index in [0.29, 0.717) is 12.0 Å². The Morgan fingerprint density at radius 1 is 1.43 bits per heavy atom. The molecule has 0 aliphatic carbocycles. The molecule has 3 rings (SSSR count). The normalized spacial score (nSPS) is 18.3. The zero-order valence-corrected chi connectivity index (χ0v) is 12.6. The van der Waals surface area contributed by atoms with Crippen molar-refractivity contribution in [2.75, 3.05) is 13.7 Å². The molecule has 1 aliphatic heterocycles. The fraction of sp³-hybridized carbons (Fsp3) is 0.500. The summed E-state index contributed by atoms with van der Waals surface area (Å²) < 4.78 is 7.81. The highest BCUT2D eigenvalue weighted by Crippen LogP contribution is 2.36. The number of aromatic nitrogens is 3. The minimum Gasteiger partial charge on any atom is -0.493 e. The largest absolute Gasteiger partial charge is 0.493 e. The van der Waals surface area contributed by atoms with Crippen LogP contribution in [0.1, 0.15) is 30.7 Å². The van der Waals surface area contributed by atoms with Crippen LogP contribution in [-0.2, 0) is 13.0 Å². The van der Waals surface area contributed by atoms with E-state index in [-0.39, 0.29) is 0 Å². The second-order valence-corrected chi connectivity index (χ2v) is 5.45. The minimum absolute atomic E-state index is 0.299. The Labute approximate surface area is 125 Å². The van der Waals surface area contributed by atoms with Gasteiger partial charge in [0.15, 0.2) is 0 Å². The molecule has 1 aliphatic rings. The number of rotatable bonds is 6. The summed E-state index contributed by atoms with van der Waals surface area (Å²) in [7, 11) is 2.01. The van der Waals surface area contributed by atoms with Crippen LogP contribution in [0.5, 0.6) is 5.75 Å². The number of hydrogen-bond acceptors (Lipinski definition) is 4. The van der Waals surface area contributed by atoms with E-state index in [0.717, 1.165) is 37.6 Å².